The van der Waals surface area contributed by atoms with Crippen molar-refractivity contribution in [3.63, 3.8) is 0 Å². The number of hydrogen-bond acceptors (Lipinski definition) is 5. The Labute approximate surface area is 174 Å². The molecule has 0 bridgehead atoms. The van der Waals surface area contributed by atoms with Crippen molar-refractivity contribution in [2.24, 2.45) is 4.99 Å². The van der Waals surface area contributed by atoms with Crippen molar-refractivity contribution < 1.29 is 17.9 Å². The molecule has 2 aromatic carbocycles. The fourth-order valence-electron chi connectivity index (χ4n) is 3.70. The summed E-state index contributed by atoms with van der Waals surface area (Å²) in [6.45, 7) is 2.00. The van der Waals surface area contributed by atoms with Crippen LogP contribution in [0.15, 0.2) is 53.5 Å². The SMILES string of the molecule is COc1ccccc1N1C(=NC(=O)Cc2ccc(C)cc2)S[C@H]2CS(=O)(=O)C[C@H]21. The highest BCUT2D eigenvalue weighted by molar-refractivity contribution is 8.16. The minimum Gasteiger partial charge on any atom is -0.495 e. The van der Waals surface area contributed by atoms with Gasteiger partial charge in [-0.3, -0.25) is 4.79 Å². The first-order valence-corrected chi connectivity index (χ1v) is 12.0. The molecule has 0 spiro atoms. The second kappa shape index (κ2) is 7.84. The first kappa shape index (κ1) is 20.0. The zero-order valence-electron chi connectivity index (χ0n) is 16.2. The normalized spacial score (nSPS) is 23.9. The van der Waals surface area contributed by atoms with E-state index in [2.05, 4.69) is 4.99 Å². The van der Waals surface area contributed by atoms with Crippen molar-refractivity contribution in [3.8, 4) is 5.75 Å². The van der Waals surface area contributed by atoms with Gasteiger partial charge >= 0.3 is 0 Å². The number of benzene rings is 2. The van der Waals surface area contributed by atoms with Gasteiger partial charge in [-0.15, -0.1) is 0 Å². The van der Waals surface area contributed by atoms with E-state index in [-0.39, 0.29) is 35.1 Å². The molecule has 2 aromatic rings. The molecule has 2 aliphatic rings. The fourth-order valence-corrected chi connectivity index (χ4v) is 7.63. The molecule has 0 unspecified atom stereocenters. The molecule has 152 valence electrons. The fraction of sp³-hybridized carbons (Fsp3) is 0.333. The van der Waals surface area contributed by atoms with Gasteiger partial charge in [0.15, 0.2) is 15.0 Å². The summed E-state index contributed by atoms with van der Waals surface area (Å²) in [4.78, 5) is 18.9. The molecule has 1 amide bonds. The lowest BCUT2D eigenvalue weighted by Crippen LogP contribution is -2.38. The van der Waals surface area contributed by atoms with Gasteiger partial charge < -0.3 is 9.64 Å². The van der Waals surface area contributed by atoms with Crippen molar-refractivity contribution in [2.75, 3.05) is 23.5 Å². The van der Waals surface area contributed by atoms with E-state index in [1.54, 1.807) is 7.11 Å². The maximum Gasteiger partial charge on any atom is 0.252 e. The van der Waals surface area contributed by atoms with E-state index < -0.39 is 9.84 Å². The van der Waals surface area contributed by atoms with Crippen LogP contribution in [0.4, 0.5) is 5.69 Å². The van der Waals surface area contributed by atoms with Crippen LogP contribution in [-0.4, -0.2) is 49.4 Å². The molecule has 0 aromatic heterocycles. The zero-order chi connectivity index (χ0) is 20.6. The van der Waals surface area contributed by atoms with Crippen LogP contribution < -0.4 is 9.64 Å². The highest BCUT2D eigenvalue weighted by atomic mass is 32.2. The molecule has 4 rings (SSSR count). The Hall–Kier alpha value is -2.32. The summed E-state index contributed by atoms with van der Waals surface area (Å²) in [5, 5.41) is 0.396. The molecule has 8 heteroatoms. The van der Waals surface area contributed by atoms with Crippen LogP contribution in [0.2, 0.25) is 0 Å². The van der Waals surface area contributed by atoms with Crippen molar-refractivity contribution in [2.45, 2.75) is 24.6 Å². The standard InChI is InChI=1S/C21H22N2O4S2/c1-14-7-9-15(10-8-14)11-20(24)22-21-23(16-5-3-4-6-18(16)27-2)17-12-29(25,26)13-19(17)28-21/h3-10,17,19H,11-13H2,1-2H3/t17-,19+/m1/s1. The maximum absolute atomic E-state index is 12.7. The van der Waals surface area contributed by atoms with E-state index in [0.717, 1.165) is 16.8 Å². The quantitative estimate of drug-likeness (QED) is 0.743. The number of amides is 1. The summed E-state index contributed by atoms with van der Waals surface area (Å²) >= 11 is 1.37. The van der Waals surface area contributed by atoms with E-state index in [9.17, 15) is 13.2 Å². The molecule has 2 fully saturated rings. The highest BCUT2D eigenvalue weighted by Crippen LogP contribution is 2.43. The maximum atomic E-state index is 12.7. The predicted octanol–water partition coefficient (Wildman–Crippen LogP) is 2.85. The van der Waals surface area contributed by atoms with Crippen LogP contribution >= 0.6 is 11.8 Å². The Bertz CT molecular complexity index is 1060. The van der Waals surface area contributed by atoms with Gasteiger partial charge in [-0.25, -0.2) is 8.42 Å². The molecule has 0 radical (unpaired) electrons. The number of amidine groups is 1. The number of carbonyl (C=O) groups excluding carboxylic acids is 1. The van der Waals surface area contributed by atoms with Gasteiger partial charge in [0, 0.05) is 5.25 Å². The third kappa shape index (κ3) is 4.18. The van der Waals surface area contributed by atoms with E-state index in [4.69, 9.17) is 4.74 Å². The number of methoxy groups -OCH3 is 1. The Balaban J connectivity index is 1.66. The summed E-state index contributed by atoms with van der Waals surface area (Å²) in [5.41, 5.74) is 2.77. The number of ether oxygens (including phenoxy) is 1. The number of thioether (sulfide) groups is 1. The van der Waals surface area contributed by atoms with Gasteiger partial charge in [0.2, 0.25) is 0 Å². The number of aryl methyl sites for hydroxylation is 1. The Morgan fingerprint density at radius 3 is 2.62 bits per heavy atom. The molecule has 0 aliphatic carbocycles. The number of aliphatic imine (C=N–C) groups is 1. The summed E-state index contributed by atoms with van der Waals surface area (Å²) in [6, 6.07) is 14.9. The van der Waals surface area contributed by atoms with Crippen LogP contribution in [0.25, 0.3) is 0 Å². The van der Waals surface area contributed by atoms with Crippen LogP contribution in [0.1, 0.15) is 11.1 Å². The second-order valence-electron chi connectivity index (χ2n) is 7.29. The lowest BCUT2D eigenvalue weighted by Gasteiger charge is -2.26. The summed E-state index contributed by atoms with van der Waals surface area (Å²) in [6.07, 6.45) is 0.206. The second-order valence-corrected chi connectivity index (χ2v) is 10.7. The summed E-state index contributed by atoms with van der Waals surface area (Å²) in [7, 11) is -1.54. The molecule has 2 saturated heterocycles. The Kier molecular flexibility index (Phi) is 5.40. The van der Waals surface area contributed by atoms with Gasteiger partial charge in [-0.2, -0.15) is 4.99 Å². The van der Waals surface area contributed by atoms with Crippen LogP contribution in [0.5, 0.6) is 5.75 Å². The predicted molar refractivity (Wildman–Crippen MR) is 117 cm³/mol. The van der Waals surface area contributed by atoms with Gasteiger partial charge in [0.1, 0.15) is 5.75 Å². The number of sulfone groups is 1. The molecule has 0 saturated carbocycles. The number of para-hydroxylation sites is 2. The van der Waals surface area contributed by atoms with E-state index in [0.29, 0.717) is 10.9 Å². The molecular formula is C21H22N2O4S2. The summed E-state index contributed by atoms with van der Waals surface area (Å²) in [5.74, 6) is 0.517. The molecule has 2 aliphatic heterocycles. The monoisotopic (exact) mass is 430 g/mol. The van der Waals surface area contributed by atoms with Crippen molar-refractivity contribution in [1.82, 2.24) is 0 Å². The summed E-state index contributed by atoms with van der Waals surface area (Å²) < 4.78 is 29.9. The van der Waals surface area contributed by atoms with Crippen LogP contribution in [-0.2, 0) is 21.1 Å². The van der Waals surface area contributed by atoms with Crippen LogP contribution in [0, 0.1) is 6.92 Å². The van der Waals surface area contributed by atoms with Crippen molar-refractivity contribution >= 4 is 38.4 Å². The number of hydrogen-bond donors (Lipinski definition) is 0. The Morgan fingerprint density at radius 2 is 1.90 bits per heavy atom. The average Bonchev–Trinajstić information content (AvgIpc) is 3.14. The Morgan fingerprint density at radius 1 is 1.17 bits per heavy atom. The van der Waals surface area contributed by atoms with Gasteiger partial charge in [0.25, 0.3) is 5.91 Å². The highest BCUT2D eigenvalue weighted by Gasteiger charge is 2.50. The van der Waals surface area contributed by atoms with Crippen molar-refractivity contribution in [3.05, 3.63) is 59.7 Å². The minimum atomic E-state index is -3.11. The molecule has 0 N–H and O–H groups in total. The first-order valence-electron chi connectivity index (χ1n) is 9.33. The van der Waals surface area contributed by atoms with Gasteiger partial charge in [0.05, 0.1) is 36.8 Å². The van der Waals surface area contributed by atoms with Gasteiger partial charge in [-0.05, 0) is 24.6 Å². The van der Waals surface area contributed by atoms with E-state index in [1.807, 2.05) is 60.4 Å². The lowest BCUT2D eigenvalue weighted by molar-refractivity contribution is -0.117. The van der Waals surface area contributed by atoms with E-state index in [1.165, 1.54) is 11.8 Å². The largest absolute Gasteiger partial charge is 0.495 e. The van der Waals surface area contributed by atoms with Gasteiger partial charge in [-0.1, -0.05) is 53.7 Å². The number of nitrogens with zero attached hydrogens (tertiary/aromatic N) is 2. The molecule has 29 heavy (non-hydrogen) atoms. The lowest BCUT2D eigenvalue weighted by atomic mass is 10.1. The van der Waals surface area contributed by atoms with Crippen molar-refractivity contribution in [1.29, 1.82) is 0 Å². The molecule has 2 heterocycles. The minimum absolute atomic E-state index is 0.0495. The number of rotatable bonds is 4. The number of fused-ring (bicyclic) bond motifs is 1. The smallest absolute Gasteiger partial charge is 0.252 e. The topological polar surface area (TPSA) is 76.0 Å². The number of anilines is 1. The van der Waals surface area contributed by atoms with E-state index >= 15 is 0 Å². The molecule has 2 atom stereocenters. The third-order valence-corrected chi connectivity index (χ3v) is 8.32. The zero-order valence-corrected chi connectivity index (χ0v) is 17.9. The third-order valence-electron chi connectivity index (χ3n) is 5.11. The first-order chi connectivity index (χ1) is 13.9. The molecule has 6 nitrogen and oxygen atoms in total. The number of carbonyl (C=O) groups is 1. The van der Waals surface area contributed by atoms with Crippen LogP contribution in [0.3, 0.4) is 0 Å². The molecular weight excluding hydrogens is 408 g/mol. The average molecular weight is 431 g/mol.